The van der Waals surface area contributed by atoms with Gasteiger partial charge in [-0.3, -0.25) is 4.68 Å². The van der Waals surface area contributed by atoms with Crippen molar-refractivity contribution in [2.24, 2.45) is 12.8 Å². The zero-order chi connectivity index (χ0) is 14.9. The molecule has 0 aromatic carbocycles. The van der Waals surface area contributed by atoms with Crippen LogP contribution in [-0.4, -0.2) is 41.6 Å². The molecule has 0 aliphatic carbocycles. The predicted molar refractivity (Wildman–Crippen MR) is 85.2 cm³/mol. The van der Waals surface area contributed by atoms with Crippen molar-refractivity contribution in [1.82, 2.24) is 14.1 Å². The van der Waals surface area contributed by atoms with Crippen LogP contribution in [0.25, 0.3) is 0 Å². The van der Waals surface area contributed by atoms with Gasteiger partial charge in [-0.15, -0.1) is 12.4 Å². The van der Waals surface area contributed by atoms with Gasteiger partial charge in [-0.2, -0.15) is 9.40 Å². The van der Waals surface area contributed by atoms with E-state index >= 15 is 0 Å². The van der Waals surface area contributed by atoms with Gasteiger partial charge in [-0.1, -0.05) is 13.8 Å². The molecule has 0 radical (unpaired) electrons. The molecular weight excluding hydrogens is 312 g/mol. The van der Waals surface area contributed by atoms with Crippen LogP contribution in [0.15, 0.2) is 4.90 Å². The summed E-state index contributed by atoms with van der Waals surface area (Å²) in [6.07, 6.45) is 2.99. The Balaban J connectivity index is 0.00000220. The van der Waals surface area contributed by atoms with Gasteiger partial charge in [0.1, 0.15) is 4.90 Å². The fraction of sp³-hybridized carbons (Fsp3) is 0.769. The molecule has 2 N–H and O–H groups in total. The minimum atomic E-state index is -3.49. The summed E-state index contributed by atoms with van der Waals surface area (Å²) in [6, 6.07) is -0.0744. The summed E-state index contributed by atoms with van der Waals surface area (Å²) in [6.45, 7) is 4.83. The van der Waals surface area contributed by atoms with Crippen LogP contribution in [0, 0.1) is 0 Å². The van der Waals surface area contributed by atoms with Crippen LogP contribution in [0.1, 0.15) is 38.1 Å². The molecule has 0 bridgehead atoms. The van der Waals surface area contributed by atoms with Crippen LogP contribution in [0.2, 0.25) is 0 Å². The summed E-state index contributed by atoms with van der Waals surface area (Å²) in [5.74, 6) is 0. The van der Waals surface area contributed by atoms with Gasteiger partial charge in [0.05, 0.1) is 11.4 Å². The molecule has 1 fully saturated rings. The molecule has 1 saturated heterocycles. The maximum absolute atomic E-state index is 13.0. The van der Waals surface area contributed by atoms with E-state index < -0.39 is 10.0 Å². The van der Waals surface area contributed by atoms with Crippen LogP contribution in [-0.2, 0) is 29.9 Å². The molecule has 1 aliphatic heterocycles. The average molecular weight is 337 g/mol. The second-order valence-electron chi connectivity index (χ2n) is 5.20. The molecule has 1 unspecified atom stereocenters. The number of sulfonamides is 1. The summed E-state index contributed by atoms with van der Waals surface area (Å²) in [7, 11) is -1.69. The number of aromatic nitrogens is 2. The van der Waals surface area contributed by atoms with Crippen molar-refractivity contribution >= 4 is 22.4 Å². The number of aryl methyl sites for hydroxylation is 2. The topological polar surface area (TPSA) is 81.2 Å². The normalized spacial score (nSPS) is 19.7. The third-order valence-electron chi connectivity index (χ3n) is 4.02. The molecule has 0 saturated carbocycles. The van der Waals surface area contributed by atoms with Gasteiger partial charge in [0, 0.05) is 26.2 Å². The van der Waals surface area contributed by atoms with E-state index in [0.29, 0.717) is 36.5 Å². The maximum Gasteiger partial charge on any atom is 0.247 e. The number of nitrogens with two attached hydrogens (primary N) is 1. The molecule has 8 heteroatoms. The van der Waals surface area contributed by atoms with Gasteiger partial charge in [0.25, 0.3) is 0 Å². The third-order valence-corrected chi connectivity index (χ3v) is 6.10. The van der Waals surface area contributed by atoms with Crippen molar-refractivity contribution < 1.29 is 8.42 Å². The number of rotatable bonds is 5. The van der Waals surface area contributed by atoms with Crippen molar-refractivity contribution in [1.29, 1.82) is 0 Å². The van der Waals surface area contributed by atoms with E-state index in [4.69, 9.17) is 5.73 Å². The van der Waals surface area contributed by atoms with E-state index in [1.54, 1.807) is 16.0 Å². The fourth-order valence-corrected chi connectivity index (χ4v) is 5.24. The van der Waals surface area contributed by atoms with Gasteiger partial charge in [-0.05, 0) is 25.7 Å². The molecule has 1 atom stereocenters. The highest BCUT2D eigenvalue weighted by Crippen LogP contribution is 2.30. The van der Waals surface area contributed by atoms with Crippen molar-refractivity contribution in [3.63, 3.8) is 0 Å². The Labute approximate surface area is 133 Å². The largest absolute Gasteiger partial charge is 0.329 e. The van der Waals surface area contributed by atoms with Crippen molar-refractivity contribution in [3.05, 3.63) is 11.4 Å². The Morgan fingerprint density at radius 1 is 1.33 bits per heavy atom. The van der Waals surface area contributed by atoms with Crippen molar-refractivity contribution in [2.45, 2.75) is 50.5 Å². The summed E-state index contributed by atoms with van der Waals surface area (Å²) in [5.41, 5.74) is 7.16. The second-order valence-corrected chi connectivity index (χ2v) is 7.03. The summed E-state index contributed by atoms with van der Waals surface area (Å²) >= 11 is 0. The van der Waals surface area contributed by atoms with E-state index in [0.717, 1.165) is 18.5 Å². The van der Waals surface area contributed by atoms with E-state index in [2.05, 4.69) is 5.10 Å². The van der Waals surface area contributed by atoms with E-state index in [1.165, 1.54) is 0 Å². The van der Waals surface area contributed by atoms with E-state index in [-0.39, 0.29) is 18.4 Å². The first-order valence-corrected chi connectivity index (χ1v) is 8.68. The number of nitrogens with zero attached hydrogens (tertiary/aromatic N) is 3. The van der Waals surface area contributed by atoms with E-state index in [9.17, 15) is 8.42 Å². The lowest BCUT2D eigenvalue weighted by Gasteiger charge is -2.23. The lowest BCUT2D eigenvalue weighted by atomic mass is 10.2. The van der Waals surface area contributed by atoms with Crippen LogP contribution in [0.4, 0.5) is 0 Å². The molecule has 1 aliphatic rings. The van der Waals surface area contributed by atoms with Gasteiger partial charge in [-0.25, -0.2) is 8.42 Å². The quantitative estimate of drug-likeness (QED) is 0.872. The van der Waals surface area contributed by atoms with Gasteiger partial charge < -0.3 is 5.73 Å². The first-order chi connectivity index (χ1) is 9.47. The molecule has 122 valence electrons. The lowest BCUT2D eigenvalue weighted by molar-refractivity contribution is 0.392. The molecule has 2 heterocycles. The molecule has 1 aromatic rings. The summed E-state index contributed by atoms with van der Waals surface area (Å²) in [5, 5.41) is 4.37. The summed E-state index contributed by atoms with van der Waals surface area (Å²) < 4.78 is 29.3. The summed E-state index contributed by atoms with van der Waals surface area (Å²) in [4.78, 5) is 0.408. The fourth-order valence-electron chi connectivity index (χ4n) is 3.00. The molecule has 0 spiro atoms. The number of hydrogen-bond donors (Lipinski definition) is 1. The standard InChI is InChI=1S/C13H24N4O2S.ClH/c1-4-11-13(12(5-2)16(3)15-11)20(18,19)17-8-6-7-10(17)9-14;/h10H,4-9,14H2,1-3H3;1H. The molecule has 21 heavy (non-hydrogen) atoms. The van der Waals surface area contributed by atoms with Crippen LogP contribution < -0.4 is 5.73 Å². The molecule has 2 rings (SSSR count). The van der Waals surface area contributed by atoms with Crippen molar-refractivity contribution in [3.8, 4) is 0 Å². The first-order valence-electron chi connectivity index (χ1n) is 7.23. The highest BCUT2D eigenvalue weighted by Gasteiger charge is 2.38. The number of halogens is 1. The smallest absolute Gasteiger partial charge is 0.247 e. The zero-order valence-electron chi connectivity index (χ0n) is 12.9. The lowest BCUT2D eigenvalue weighted by Crippen LogP contribution is -2.40. The average Bonchev–Trinajstić information content (AvgIpc) is 3.02. The Morgan fingerprint density at radius 2 is 2.00 bits per heavy atom. The van der Waals surface area contributed by atoms with Crippen LogP contribution in [0.5, 0.6) is 0 Å². The first kappa shape index (κ1) is 18.4. The van der Waals surface area contributed by atoms with E-state index in [1.807, 2.05) is 13.8 Å². The van der Waals surface area contributed by atoms with Gasteiger partial charge >= 0.3 is 0 Å². The van der Waals surface area contributed by atoms with Crippen molar-refractivity contribution in [2.75, 3.05) is 13.1 Å². The van der Waals surface area contributed by atoms with Crippen LogP contribution >= 0.6 is 12.4 Å². The second kappa shape index (κ2) is 7.09. The molecule has 1 aromatic heterocycles. The Bertz CT molecular complexity index is 585. The molecule has 0 amide bonds. The zero-order valence-corrected chi connectivity index (χ0v) is 14.5. The van der Waals surface area contributed by atoms with Crippen LogP contribution in [0.3, 0.4) is 0 Å². The SMILES string of the molecule is CCc1nn(C)c(CC)c1S(=O)(=O)N1CCCC1CN.Cl. The predicted octanol–water partition coefficient (Wildman–Crippen LogP) is 1.08. The minimum absolute atomic E-state index is 0. The highest BCUT2D eigenvalue weighted by molar-refractivity contribution is 7.89. The maximum atomic E-state index is 13.0. The van der Waals surface area contributed by atoms with Gasteiger partial charge in [0.15, 0.2) is 0 Å². The monoisotopic (exact) mass is 336 g/mol. The Morgan fingerprint density at radius 3 is 2.52 bits per heavy atom. The van der Waals surface area contributed by atoms with Gasteiger partial charge in [0.2, 0.25) is 10.0 Å². The Hall–Kier alpha value is -0.630. The highest BCUT2D eigenvalue weighted by atomic mass is 35.5. The minimum Gasteiger partial charge on any atom is -0.329 e. The molecular formula is C13H25ClN4O2S. The molecule has 6 nitrogen and oxygen atoms in total. The third kappa shape index (κ3) is 3.11. The number of hydrogen-bond acceptors (Lipinski definition) is 4. The Kier molecular flexibility index (Phi) is 6.22.